The smallest absolute Gasteiger partial charge is 0.259 e. The fourth-order valence-corrected chi connectivity index (χ4v) is 2.23. The number of nitrogens with one attached hydrogen (secondary N) is 2. The zero-order valence-electron chi connectivity index (χ0n) is 12.8. The van der Waals surface area contributed by atoms with Crippen LogP contribution in [0, 0.1) is 6.92 Å². The molecular formula is C16H22N4O. The second-order valence-electron chi connectivity index (χ2n) is 5.02. The number of aromatic nitrogens is 2. The van der Waals surface area contributed by atoms with Crippen LogP contribution in [0.5, 0.6) is 0 Å². The van der Waals surface area contributed by atoms with Crippen molar-refractivity contribution in [1.82, 2.24) is 15.1 Å². The van der Waals surface area contributed by atoms with Gasteiger partial charge in [0.25, 0.3) is 5.91 Å². The third kappa shape index (κ3) is 3.92. The molecule has 0 fully saturated rings. The van der Waals surface area contributed by atoms with Gasteiger partial charge in [-0.1, -0.05) is 26.0 Å². The van der Waals surface area contributed by atoms with Gasteiger partial charge in [-0.25, -0.2) is 0 Å². The molecule has 0 aliphatic heterocycles. The van der Waals surface area contributed by atoms with Gasteiger partial charge < -0.3 is 5.32 Å². The predicted molar refractivity (Wildman–Crippen MR) is 84.3 cm³/mol. The van der Waals surface area contributed by atoms with E-state index in [4.69, 9.17) is 0 Å². The molecule has 0 radical (unpaired) electrons. The number of anilines is 1. The van der Waals surface area contributed by atoms with Crippen molar-refractivity contribution in [3.8, 4) is 0 Å². The van der Waals surface area contributed by atoms with Crippen LogP contribution in [0.15, 0.2) is 30.5 Å². The summed E-state index contributed by atoms with van der Waals surface area (Å²) < 4.78 is 0. The van der Waals surface area contributed by atoms with Crippen molar-refractivity contribution in [3.05, 3.63) is 47.3 Å². The molecule has 0 bridgehead atoms. The molecule has 2 aromatic rings. The Labute approximate surface area is 125 Å². The van der Waals surface area contributed by atoms with E-state index in [1.165, 1.54) is 5.56 Å². The third-order valence-electron chi connectivity index (χ3n) is 3.56. The van der Waals surface area contributed by atoms with Crippen LogP contribution in [0.25, 0.3) is 0 Å². The molecule has 0 spiro atoms. The molecule has 0 saturated heterocycles. The minimum atomic E-state index is -0.138. The van der Waals surface area contributed by atoms with Crippen molar-refractivity contribution in [2.75, 3.05) is 18.4 Å². The molecule has 112 valence electrons. The summed E-state index contributed by atoms with van der Waals surface area (Å²) >= 11 is 0. The number of amides is 1. The highest BCUT2D eigenvalue weighted by molar-refractivity contribution is 6.04. The second kappa shape index (κ2) is 7.04. The summed E-state index contributed by atoms with van der Waals surface area (Å²) in [6.45, 7) is 9.05. The molecule has 2 N–H and O–H groups in total. The fraction of sp³-hybridized carbons (Fsp3) is 0.375. The van der Waals surface area contributed by atoms with Gasteiger partial charge in [-0.05, 0) is 37.7 Å². The summed E-state index contributed by atoms with van der Waals surface area (Å²) in [5, 5.41) is 9.56. The Hall–Kier alpha value is -2.14. The van der Waals surface area contributed by atoms with Crippen molar-refractivity contribution in [3.63, 3.8) is 0 Å². The first-order chi connectivity index (χ1) is 10.1. The van der Waals surface area contributed by atoms with E-state index < -0.39 is 0 Å². The lowest BCUT2D eigenvalue weighted by Crippen LogP contribution is -2.22. The first-order valence-electron chi connectivity index (χ1n) is 7.26. The number of aryl methyl sites for hydroxylation is 1. The van der Waals surface area contributed by atoms with Gasteiger partial charge in [0.15, 0.2) is 0 Å². The number of aromatic amines is 1. The zero-order valence-corrected chi connectivity index (χ0v) is 12.8. The average molecular weight is 286 g/mol. The number of carbonyl (C=O) groups excluding carboxylic acids is 1. The summed E-state index contributed by atoms with van der Waals surface area (Å²) in [5.74, 6) is -0.138. The van der Waals surface area contributed by atoms with E-state index in [-0.39, 0.29) is 5.91 Å². The third-order valence-corrected chi connectivity index (χ3v) is 3.56. The molecule has 5 heteroatoms. The maximum absolute atomic E-state index is 12.2. The molecule has 1 amide bonds. The van der Waals surface area contributed by atoms with Gasteiger partial charge in [-0.15, -0.1) is 0 Å². The molecule has 1 heterocycles. The van der Waals surface area contributed by atoms with Crippen molar-refractivity contribution >= 4 is 11.6 Å². The Morgan fingerprint density at radius 3 is 2.71 bits per heavy atom. The molecule has 0 aliphatic carbocycles. The van der Waals surface area contributed by atoms with Crippen molar-refractivity contribution in [1.29, 1.82) is 0 Å². The van der Waals surface area contributed by atoms with Gasteiger partial charge in [0, 0.05) is 17.9 Å². The molecule has 1 aromatic carbocycles. The lowest BCUT2D eigenvalue weighted by Gasteiger charge is -2.18. The lowest BCUT2D eigenvalue weighted by atomic mass is 10.1. The second-order valence-corrected chi connectivity index (χ2v) is 5.02. The Morgan fingerprint density at radius 2 is 2.10 bits per heavy atom. The summed E-state index contributed by atoms with van der Waals surface area (Å²) in [4.78, 5) is 14.5. The van der Waals surface area contributed by atoms with E-state index in [9.17, 15) is 4.79 Å². The number of rotatable bonds is 6. The maximum atomic E-state index is 12.2. The number of benzene rings is 1. The summed E-state index contributed by atoms with van der Waals surface area (Å²) in [7, 11) is 0. The van der Waals surface area contributed by atoms with Crippen molar-refractivity contribution < 1.29 is 4.79 Å². The number of nitrogens with zero attached hydrogens (tertiary/aromatic N) is 2. The van der Waals surface area contributed by atoms with Crippen LogP contribution in [-0.2, 0) is 6.54 Å². The van der Waals surface area contributed by atoms with Crippen molar-refractivity contribution in [2.45, 2.75) is 27.3 Å². The average Bonchev–Trinajstić information content (AvgIpc) is 2.91. The molecule has 21 heavy (non-hydrogen) atoms. The SMILES string of the molecule is CCN(CC)Cc1cccc(NC(=O)c2cn[nH]c2C)c1. The molecule has 2 rings (SSSR count). The first-order valence-corrected chi connectivity index (χ1v) is 7.26. The minimum Gasteiger partial charge on any atom is -0.322 e. The largest absolute Gasteiger partial charge is 0.322 e. The minimum absolute atomic E-state index is 0.138. The van der Waals surface area contributed by atoms with E-state index in [1.807, 2.05) is 25.1 Å². The normalized spacial score (nSPS) is 10.9. The molecule has 0 aliphatic rings. The van der Waals surface area contributed by atoms with Crippen LogP contribution in [0.3, 0.4) is 0 Å². The van der Waals surface area contributed by atoms with Crippen LogP contribution in [0.4, 0.5) is 5.69 Å². The first kappa shape index (κ1) is 15.3. The van der Waals surface area contributed by atoms with Crippen LogP contribution in [0.1, 0.15) is 35.5 Å². The number of hydrogen-bond donors (Lipinski definition) is 2. The van der Waals surface area contributed by atoms with Crippen LogP contribution < -0.4 is 5.32 Å². The van der Waals surface area contributed by atoms with Crippen LogP contribution in [-0.4, -0.2) is 34.1 Å². The molecule has 0 unspecified atom stereocenters. The number of carbonyl (C=O) groups is 1. The molecule has 0 atom stereocenters. The van der Waals surface area contributed by atoms with E-state index in [0.29, 0.717) is 5.56 Å². The van der Waals surface area contributed by atoms with Gasteiger partial charge in [-0.2, -0.15) is 5.10 Å². The van der Waals surface area contributed by atoms with Crippen LogP contribution >= 0.6 is 0 Å². The van der Waals surface area contributed by atoms with Crippen molar-refractivity contribution in [2.24, 2.45) is 0 Å². The van der Waals surface area contributed by atoms with Gasteiger partial charge >= 0.3 is 0 Å². The zero-order chi connectivity index (χ0) is 15.2. The Morgan fingerprint density at radius 1 is 1.33 bits per heavy atom. The maximum Gasteiger partial charge on any atom is 0.259 e. The van der Waals surface area contributed by atoms with E-state index in [2.05, 4.69) is 40.3 Å². The highest BCUT2D eigenvalue weighted by Crippen LogP contribution is 2.14. The Bertz CT molecular complexity index is 602. The topological polar surface area (TPSA) is 61.0 Å². The van der Waals surface area contributed by atoms with Gasteiger partial charge in [0.2, 0.25) is 0 Å². The van der Waals surface area contributed by atoms with E-state index in [0.717, 1.165) is 31.0 Å². The Balaban J connectivity index is 2.07. The molecular weight excluding hydrogens is 264 g/mol. The molecule has 0 saturated carbocycles. The highest BCUT2D eigenvalue weighted by atomic mass is 16.1. The lowest BCUT2D eigenvalue weighted by molar-refractivity contribution is 0.102. The quantitative estimate of drug-likeness (QED) is 0.858. The molecule has 1 aromatic heterocycles. The summed E-state index contributed by atoms with van der Waals surface area (Å²) in [6, 6.07) is 7.97. The van der Waals surface area contributed by atoms with Gasteiger partial charge in [0.05, 0.1) is 11.8 Å². The van der Waals surface area contributed by atoms with Gasteiger partial charge in [0.1, 0.15) is 0 Å². The van der Waals surface area contributed by atoms with Gasteiger partial charge in [-0.3, -0.25) is 14.8 Å². The number of hydrogen-bond acceptors (Lipinski definition) is 3. The molecule has 5 nitrogen and oxygen atoms in total. The van der Waals surface area contributed by atoms with E-state index in [1.54, 1.807) is 6.20 Å². The standard InChI is InChI=1S/C16H22N4O/c1-4-20(5-2)11-13-7-6-8-14(9-13)18-16(21)15-10-17-19-12(15)3/h6-10H,4-5,11H2,1-3H3,(H,17,19)(H,18,21). The monoisotopic (exact) mass is 286 g/mol. The fourth-order valence-electron chi connectivity index (χ4n) is 2.23. The predicted octanol–water partition coefficient (Wildman–Crippen LogP) is 2.81. The number of H-pyrrole nitrogens is 1. The Kier molecular flexibility index (Phi) is 5.11. The van der Waals surface area contributed by atoms with E-state index >= 15 is 0 Å². The van der Waals surface area contributed by atoms with Crippen LogP contribution in [0.2, 0.25) is 0 Å². The summed E-state index contributed by atoms with van der Waals surface area (Å²) in [5.41, 5.74) is 3.35. The highest BCUT2D eigenvalue weighted by Gasteiger charge is 2.11. The summed E-state index contributed by atoms with van der Waals surface area (Å²) in [6.07, 6.45) is 1.55.